The Morgan fingerprint density at radius 1 is 1.05 bits per heavy atom. The number of quaternary nitrogens is 1. The standard InChI is InChI=1S/C17H28O3S.H3N/c1-5-9-10-14-13-15(21(18,19)20)11-12-16(14)17(6-2,7-3)8-4;/h11-13H,5-10H2,1-4H3,(H,18,19,20);1H3. The van der Waals surface area contributed by atoms with Gasteiger partial charge < -0.3 is 10.7 Å². The molecule has 0 aromatic heterocycles. The summed E-state index contributed by atoms with van der Waals surface area (Å²) in [6.45, 7) is 8.64. The number of benzene rings is 1. The molecule has 0 unspecified atom stereocenters. The summed E-state index contributed by atoms with van der Waals surface area (Å²) in [4.78, 5) is -0.102. The molecule has 22 heavy (non-hydrogen) atoms. The van der Waals surface area contributed by atoms with Gasteiger partial charge in [0.05, 0.1) is 4.90 Å². The zero-order chi connectivity index (χ0) is 16.1. The van der Waals surface area contributed by atoms with Crippen molar-refractivity contribution >= 4 is 10.1 Å². The van der Waals surface area contributed by atoms with Gasteiger partial charge in [-0.2, -0.15) is 0 Å². The van der Waals surface area contributed by atoms with Gasteiger partial charge in [-0.05, 0) is 60.8 Å². The molecule has 0 saturated carbocycles. The largest absolute Gasteiger partial charge is 0.744 e. The lowest BCUT2D eigenvalue weighted by atomic mass is 9.71. The number of hydrogen-bond acceptors (Lipinski definition) is 3. The van der Waals surface area contributed by atoms with Crippen molar-refractivity contribution in [2.45, 2.75) is 76.5 Å². The van der Waals surface area contributed by atoms with Crippen LogP contribution in [0.2, 0.25) is 0 Å². The third-order valence-electron chi connectivity index (χ3n) is 4.77. The van der Waals surface area contributed by atoms with Crippen molar-refractivity contribution in [2.75, 3.05) is 0 Å². The lowest BCUT2D eigenvalue weighted by molar-refractivity contribution is 0.378. The van der Waals surface area contributed by atoms with E-state index in [1.807, 2.05) is 6.07 Å². The van der Waals surface area contributed by atoms with Crippen molar-refractivity contribution in [3.63, 3.8) is 0 Å². The second-order valence-corrected chi connectivity index (χ2v) is 7.10. The molecule has 0 aliphatic heterocycles. The number of hydrogen-bond donors (Lipinski definition) is 1. The molecule has 4 N–H and O–H groups in total. The van der Waals surface area contributed by atoms with Crippen molar-refractivity contribution in [1.82, 2.24) is 6.15 Å². The first-order valence-corrected chi connectivity index (χ1v) is 9.34. The first-order valence-electron chi connectivity index (χ1n) is 7.93. The molecule has 0 amide bonds. The minimum absolute atomic E-state index is 0. The molecule has 1 aromatic carbocycles. The van der Waals surface area contributed by atoms with Gasteiger partial charge in [0, 0.05) is 0 Å². The number of rotatable bonds is 8. The van der Waals surface area contributed by atoms with Crippen LogP contribution in [0.15, 0.2) is 23.1 Å². The topological polar surface area (TPSA) is 93.7 Å². The molecule has 0 aliphatic carbocycles. The molecule has 128 valence electrons. The average Bonchev–Trinajstić information content (AvgIpc) is 2.47. The van der Waals surface area contributed by atoms with Crippen LogP contribution in [0.25, 0.3) is 0 Å². The highest BCUT2D eigenvalue weighted by atomic mass is 32.2. The monoisotopic (exact) mass is 329 g/mol. The predicted octanol–water partition coefficient (Wildman–Crippen LogP) is 4.78. The second-order valence-electron chi connectivity index (χ2n) is 5.72. The van der Waals surface area contributed by atoms with E-state index in [-0.39, 0.29) is 16.5 Å². The molecule has 1 rings (SSSR count). The van der Waals surface area contributed by atoms with E-state index in [9.17, 15) is 13.0 Å². The Labute approximate surface area is 135 Å². The van der Waals surface area contributed by atoms with Crippen LogP contribution < -0.4 is 6.15 Å². The van der Waals surface area contributed by atoms with Gasteiger partial charge in [0.15, 0.2) is 0 Å². The van der Waals surface area contributed by atoms with Crippen LogP contribution in [0.3, 0.4) is 0 Å². The fourth-order valence-corrected chi connectivity index (χ4v) is 3.66. The van der Waals surface area contributed by atoms with Gasteiger partial charge in [0.2, 0.25) is 0 Å². The van der Waals surface area contributed by atoms with E-state index in [1.54, 1.807) is 6.07 Å². The SMILES string of the molecule is CCCCc1cc(S(=O)(=O)[O-])ccc1C(CC)(CC)CC.[NH4+]. The van der Waals surface area contributed by atoms with E-state index in [0.29, 0.717) is 0 Å². The molecule has 1 aromatic rings. The van der Waals surface area contributed by atoms with Crippen molar-refractivity contribution in [3.8, 4) is 0 Å². The maximum atomic E-state index is 11.3. The molecule has 0 fully saturated rings. The molecule has 0 atom stereocenters. The molecule has 0 radical (unpaired) electrons. The summed E-state index contributed by atoms with van der Waals surface area (Å²) >= 11 is 0. The Morgan fingerprint density at radius 3 is 2.00 bits per heavy atom. The van der Waals surface area contributed by atoms with Gasteiger partial charge in [0.1, 0.15) is 10.1 Å². The molecule has 0 saturated heterocycles. The normalized spacial score (nSPS) is 12.0. The summed E-state index contributed by atoms with van der Waals surface area (Å²) in [6.07, 6.45) is 5.93. The fraction of sp³-hybridized carbons (Fsp3) is 0.647. The van der Waals surface area contributed by atoms with Gasteiger partial charge in [-0.15, -0.1) is 0 Å². The van der Waals surface area contributed by atoms with Crippen LogP contribution in [0.4, 0.5) is 0 Å². The lowest BCUT2D eigenvalue weighted by Crippen LogP contribution is -2.25. The Kier molecular flexibility index (Phi) is 8.29. The van der Waals surface area contributed by atoms with Crippen molar-refractivity contribution in [3.05, 3.63) is 29.3 Å². The van der Waals surface area contributed by atoms with Gasteiger partial charge in [-0.1, -0.05) is 40.2 Å². The van der Waals surface area contributed by atoms with E-state index >= 15 is 0 Å². The highest BCUT2D eigenvalue weighted by Crippen LogP contribution is 2.38. The summed E-state index contributed by atoms with van der Waals surface area (Å²) in [5.41, 5.74) is 2.32. The third kappa shape index (κ3) is 4.54. The molecular formula is C17H31NO3S. The zero-order valence-corrected chi connectivity index (χ0v) is 15.4. The molecule has 0 heterocycles. The molecule has 0 aliphatic rings. The summed E-state index contributed by atoms with van der Waals surface area (Å²) in [5.74, 6) is 0. The van der Waals surface area contributed by atoms with Crippen LogP contribution in [-0.2, 0) is 22.0 Å². The number of unbranched alkanes of at least 4 members (excludes halogenated alkanes) is 1. The summed E-state index contributed by atoms with van der Waals surface area (Å²) in [5, 5.41) is 0. The van der Waals surface area contributed by atoms with Crippen molar-refractivity contribution in [2.24, 2.45) is 0 Å². The Balaban J connectivity index is 0.00000441. The fourth-order valence-electron chi connectivity index (χ4n) is 3.14. The first kappa shape index (κ1) is 21.1. The summed E-state index contributed by atoms with van der Waals surface area (Å²) in [7, 11) is -4.38. The van der Waals surface area contributed by atoms with Crippen LogP contribution >= 0.6 is 0 Å². The van der Waals surface area contributed by atoms with Crippen molar-refractivity contribution in [1.29, 1.82) is 0 Å². The zero-order valence-electron chi connectivity index (χ0n) is 14.6. The minimum Gasteiger partial charge on any atom is -0.744 e. The predicted molar refractivity (Wildman–Crippen MR) is 91.6 cm³/mol. The smallest absolute Gasteiger partial charge is 0.124 e. The molecule has 0 spiro atoms. The summed E-state index contributed by atoms with van der Waals surface area (Å²) in [6, 6.07) is 4.94. The lowest BCUT2D eigenvalue weighted by Gasteiger charge is -2.33. The van der Waals surface area contributed by atoms with Gasteiger partial charge in [-0.25, -0.2) is 8.42 Å². The quantitative estimate of drug-likeness (QED) is 0.695. The Hall–Kier alpha value is -0.910. The van der Waals surface area contributed by atoms with E-state index < -0.39 is 10.1 Å². The van der Waals surface area contributed by atoms with E-state index in [0.717, 1.165) is 44.1 Å². The highest BCUT2D eigenvalue weighted by Gasteiger charge is 2.28. The van der Waals surface area contributed by atoms with Crippen LogP contribution in [0.5, 0.6) is 0 Å². The van der Waals surface area contributed by atoms with Crippen LogP contribution in [0.1, 0.15) is 70.9 Å². The van der Waals surface area contributed by atoms with E-state index in [2.05, 4.69) is 27.7 Å². The molecular weight excluding hydrogens is 298 g/mol. The van der Waals surface area contributed by atoms with Crippen molar-refractivity contribution < 1.29 is 13.0 Å². The Morgan fingerprint density at radius 2 is 1.59 bits per heavy atom. The first-order chi connectivity index (χ1) is 9.84. The second kappa shape index (κ2) is 8.65. The molecule has 0 bridgehead atoms. The molecule has 4 nitrogen and oxygen atoms in total. The Bertz CT molecular complexity index is 555. The third-order valence-corrected chi connectivity index (χ3v) is 5.60. The van der Waals surface area contributed by atoms with E-state index in [4.69, 9.17) is 0 Å². The van der Waals surface area contributed by atoms with Gasteiger partial charge >= 0.3 is 0 Å². The minimum atomic E-state index is -4.38. The number of aryl methyl sites for hydroxylation is 1. The maximum Gasteiger partial charge on any atom is 0.124 e. The van der Waals surface area contributed by atoms with Gasteiger partial charge in [0.25, 0.3) is 0 Å². The van der Waals surface area contributed by atoms with Crippen LogP contribution in [-0.4, -0.2) is 13.0 Å². The molecule has 5 heteroatoms. The van der Waals surface area contributed by atoms with E-state index in [1.165, 1.54) is 11.6 Å². The summed E-state index contributed by atoms with van der Waals surface area (Å²) < 4.78 is 33.8. The average molecular weight is 330 g/mol. The highest BCUT2D eigenvalue weighted by molar-refractivity contribution is 7.85. The van der Waals surface area contributed by atoms with Crippen LogP contribution in [0, 0.1) is 0 Å². The maximum absolute atomic E-state index is 11.3. The van der Waals surface area contributed by atoms with Gasteiger partial charge in [-0.3, -0.25) is 0 Å².